The number of ether oxygens (including phenoxy) is 1. The monoisotopic (exact) mass is 389 g/mol. The molecule has 7 heteroatoms. The number of anilines is 2. The summed E-state index contributed by atoms with van der Waals surface area (Å²) in [7, 11) is 0. The molecule has 144 valence electrons. The van der Waals surface area contributed by atoms with Crippen LogP contribution in [0.4, 0.5) is 15.8 Å². The summed E-state index contributed by atoms with van der Waals surface area (Å²) in [5.41, 5.74) is 2.08. The van der Waals surface area contributed by atoms with Crippen molar-refractivity contribution >= 4 is 29.0 Å². The first-order valence-electron chi connectivity index (χ1n) is 8.97. The molecule has 1 aliphatic rings. The molecule has 0 bridgehead atoms. The number of carbonyl (C=O) groups excluding carboxylic acids is 1. The highest BCUT2D eigenvalue weighted by atomic mass is 32.2. The van der Waals surface area contributed by atoms with E-state index in [9.17, 15) is 9.18 Å². The average Bonchev–Trinajstić information content (AvgIpc) is 2.62. The lowest BCUT2D eigenvalue weighted by molar-refractivity contribution is -0.113. The zero-order valence-corrected chi connectivity index (χ0v) is 16.3. The van der Waals surface area contributed by atoms with Crippen molar-refractivity contribution in [2.24, 2.45) is 0 Å². The van der Waals surface area contributed by atoms with Crippen molar-refractivity contribution in [2.75, 3.05) is 29.1 Å². The summed E-state index contributed by atoms with van der Waals surface area (Å²) in [4.78, 5) is 18.1. The van der Waals surface area contributed by atoms with Crippen LogP contribution in [0.2, 0.25) is 0 Å². The Morgan fingerprint density at radius 2 is 2.11 bits per heavy atom. The van der Waals surface area contributed by atoms with E-state index in [1.807, 2.05) is 30.9 Å². The molecule has 27 heavy (non-hydrogen) atoms. The first-order chi connectivity index (χ1) is 13.0. The van der Waals surface area contributed by atoms with E-state index in [-0.39, 0.29) is 23.9 Å². The van der Waals surface area contributed by atoms with Crippen LogP contribution in [0, 0.1) is 5.82 Å². The number of halogens is 1. The number of nitrogens with one attached hydrogen (secondary N) is 1. The van der Waals surface area contributed by atoms with Gasteiger partial charge in [0, 0.05) is 36.9 Å². The van der Waals surface area contributed by atoms with Crippen LogP contribution in [0.25, 0.3) is 0 Å². The standard InChI is InChI=1S/C20H24FN3O2S/c1-14-10-24(11-15(2)26-14)19-6-5-17(8-18(19)21)23-20(25)13-27-12-16-4-3-7-22-9-16/h3-9,14-15H,10-13H2,1-2H3,(H,23,25). The zero-order chi connectivity index (χ0) is 19.2. The fraction of sp³-hybridized carbons (Fsp3) is 0.400. The number of thioether (sulfide) groups is 1. The highest BCUT2D eigenvalue weighted by molar-refractivity contribution is 7.99. The van der Waals surface area contributed by atoms with Gasteiger partial charge in [0.15, 0.2) is 0 Å². The maximum atomic E-state index is 14.6. The number of amides is 1. The SMILES string of the molecule is CC1CN(c2ccc(NC(=O)CSCc3cccnc3)cc2F)CC(C)O1. The van der Waals surface area contributed by atoms with E-state index in [1.54, 1.807) is 24.5 Å². The normalized spacial score (nSPS) is 19.7. The third-order valence-electron chi connectivity index (χ3n) is 4.22. The molecule has 0 saturated carbocycles. The molecule has 1 amide bonds. The summed E-state index contributed by atoms with van der Waals surface area (Å²) in [6.45, 7) is 5.27. The van der Waals surface area contributed by atoms with Crippen molar-refractivity contribution in [3.63, 3.8) is 0 Å². The summed E-state index contributed by atoms with van der Waals surface area (Å²) in [6, 6.07) is 8.69. The molecule has 1 aromatic carbocycles. The maximum Gasteiger partial charge on any atom is 0.234 e. The van der Waals surface area contributed by atoms with E-state index in [1.165, 1.54) is 17.8 Å². The Kier molecular flexibility index (Phi) is 6.68. The molecule has 1 aromatic heterocycles. The maximum absolute atomic E-state index is 14.6. The van der Waals surface area contributed by atoms with Gasteiger partial charge < -0.3 is 15.0 Å². The van der Waals surface area contributed by atoms with Gasteiger partial charge in [0.05, 0.1) is 23.6 Å². The van der Waals surface area contributed by atoms with Crippen LogP contribution in [0.1, 0.15) is 19.4 Å². The summed E-state index contributed by atoms with van der Waals surface area (Å²) in [5, 5.41) is 2.76. The molecule has 0 spiro atoms. The summed E-state index contributed by atoms with van der Waals surface area (Å²) in [5.74, 6) is 0.528. The second-order valence-electron chi connectivity index (χ2n) is 6.73. The number of benzene rings is 1. The lowest BCUT2D eigenvalue weighted by atomic mass is 10.2. The van der Waals surface area contributed by atoms with Gasteiger partial charge in [-0.05, 0) is 43.7 Å². The lowest BCUT2D eigenvalue weighted by Crippen LogP contribution is -2.45. The smallest absolute Gasteiger partial charge is 0.234 e. The van der Waals surface area contributed by atoms with Crippen molar-refractivity contribution in [2.45, 2.75) is 31.8 Å². The summed E-state index contributed by atoms with van der Waals surface area (Å²) in [6.07, 6.45) is 3.62. The topological polar surface area (TPSA) is 54.5 Å². The van der Waals surface area contributed by atoms with Gasteiger partial charge >= 0.3 is 0 Å². The van der Waals surface area contributed by atoms with Crippen molar-refractivity contribution < 1.29 is 13.9 Å². The predicted octanol–water partition coefficient (Wildman–Crippen LogP) is 3.71. The Hall–Kier alpha value is -2.12. The van der Waals surface area contributed by atoms with Crippen molar-refractivity contribution in [1.29, 1.82) is 0 Å². The number of rotatable bonds is 6. The molecule has 5 nitrogen and oxygen atoms in total. The van der Waals surface area contributed by atoms with E-state index >= 15 is 0 Å². The number of aromatic nitrogens is 1. The predicted molar refractivity (Wildman–Crippen MR) is 108 cm³/mol. The Labute approximate surface area is 163 Å². The van der Waals surface area contributed by atoms with Gasteiger partial charge in [0.2, 0.25) is 5.91 Å². The van der Waals surface area contributed by atoms with Crippen molar-refractivity contribution in [1.82, 2.24) is 4.98 Å². The Morgan fingerprint density at radius 1 is 1.33 bits per heavy atom. The van der Waals surface area contributed by atoms with Gasteiger partial charge in [-0.15, -0.1) is 11.8 Å². The highest BCUT2D eigenvalue weighted by Crippen LogP contribution is 2.26. The number of hydrogen-bond acceptors (Lipinski definition) is 5. The molecular weight excluding hydrogens is 365 g/mol. The number of nitrogens with zero attached hydrogens (tertiary/aromatic N) is 2. The van der Waals surface area contributed by atoms with Crippen molar-refractivity contribution in [3.05, 3.63) is 54.1 Å². The van der Waals surface area contributed by atoms with E-state index in [2.05, 4.69) is 10.3 Å². The van der Waals surface area contributed by atoms with Crippen molar-refractivity contribution in [3.8, 4) is 0 Å². The molecule has 1 N–H and O–H groups in total. The molecule has 1 saturated heterocycles. The van der Waals surface area contributed by atoms with Gasteiger partial charge in [-0.25, -0.2) is 4.39 Å². The van der Waals surface area contributed by atoms with Crippen LogP contribution in [0.15, 0.2) is 42.7 Å². The van der Waals surface area contributed by atoms with Gasteiger partial charge in [-0.1, -0.05) is 6.07 Å². The fourth-order valence-corrected chi connectivity index (χ4v) is 3.92. The molecule has 1 fully saturated rings. The number of pyridine rings is 1. The fourth-order valence-electron chi connectivity index (χ4n) is 3.16. The van der Waals surface area contributed by atoms with Gasteiger partial charge in [-0.3, -0.25) is 9.78 Å². The molecular formula is C20H24FN3O2S. The van der Waals surface area contributed by atoms with E-state index in [0.29, 0.717) is 36.0 Å². The second kappa shape index (κ2) is 9.19. The molecule has 3 rings (SSSR count). The van der Waals surface area contributed by atoms with E-state index < -0.39 is 0 Å². The van der Waals surface area contributed by atoms with E-state index in [0.717, 1.165) is 5.56 Å². The first kappa shape index (κ1) is 19.6. The molecule has 2 atom stereocenters. The number of hydrogen-bond donors (Lipinski definition) is 1. The molecule has 2 heterocycles. The largest absolute Gasteiger partial charge is 0.372 e. The number of morpholine rings is 1. The highest BCUT2D eigenvalue weighted by Gasteiger charge is 2.24. The minimum atomic E-state index is -0.336. The minimum absolute atomic E-state index is 0.0596. The van der Waals surface area contributed by atoms with E-state index in [4.69, 9.17) is 4.74 Å². The van der Waals surface area contributed by atoms with Crippen LogP contribution in [0.3, 0.4) is 0 Å². The molecule has 0 aliphatic carbocycles. The van der Waals surface area contributed by atoms with Crippen LogP contribution >= 0.6 is 11.8 Å². The Balaban J connectivity index is 1.53. The number of carbonyl (C=O) groups is 1. The molecule has 0 radical (unpaired) electrons. The minimum Gasteiger partial charge on any atom is -0.372 e. The van der Waals surface area contributed by atoms with Gasteiger partial charge in [-0.2, -0.15) is 0 Å². The zero-order valence-electron chi connectivity index (χ0n) is 15.5. The Bertz CT molecular complexity index is 765. The van der Waals surface area contributed by atoms with Crippen LogP contribution in [0.5, 0.6) is 0 Å². The second-order valence-corrected chi connectivity index (χ2v) is 7.72. The van der Waals surface area contributed by atoms with Crippen LogP contribution in [-0.4, -0.2) is 41.9 Å². The first-order valence-corrected chi connectivity index (χ1v) is 10.1. The summed E-state index contributed by atoms with van der Waals surface area (Å²) >= 11 is 1.50. The third kappa shape index (κ3) is 5.68. The van der Waals surface area contributed by atoms with Crippen LogP contribution in [-0.2, 0) is 15.3 Å². The quantitative estimate of drug-likeness (QED) is 0.816. The molecule has 2 aromatic rings. The summed E-state index contributed by atoms with van der Waals surface area (Å²) < 4.78 is 20.3. The lowest BCUT2D eigenvalue weighted by Gasteiger charge is -2.37. The van der Waals surface area contributed by atoms with Gasteiger partial charge in [0.1, 0.15) is 5.82 Å². The average molecular weight is 389 g/mol. The van der Waals surface area contributed by atoms with Gasteiger partial charge in [0.25, 0.3) is 0 Å². The molecule has 2 unspecified atom stereocenters. The molecule has 1 aliphatic heterocycles. The third-order valence-corrected chi connectivity index (χ3v) is 5.22. The Morgan fingerprint density at radius 3 is 2.78 bits per heavy atom. The van der Waals surface area contributed by atoms with Crippen LogP contribution < -0.4 is 10.2 Å².